The van der Waals surface area contributed by atoms with Gasteiger partial charge in [0.05, 0.1) is 13.7 Å². The van der Waals surface area contributed by atoms with Gasteiger partial charge in [-0.25, -0.2) is 12.8 Å². The van der Waals surface area contributed by atoms with Gasteiger partial charge in [0.15, 0.2) is 0 Å². The summed E-state index contributed by atoms with van der Waals surface area (Å²) in [5.74, 6) is -0.998. The summed E-state index contributed by atoms with van der Waals surface area (Å²) < 4.78 is 45.4. The van der Waals surface area contributed by atoms with E-state index in [4.69, 9.17) is 16.3 Å². The van der Waals surface area contributed by atoms with E-state index >= 15 is 0 Å². The van der Waals surface area contributed by atoms with Gasteiger partial charge in [0, 0.05) is 43.9 Å². The lowest BCUT2D eigenvalue weighted by Gasteiger charge is -2.37. The second-order valence-corrected chi connectivity index (χ2v) is 9.80. The van der Waals surface area contributed by atoms with Crippen LogP contribution in [0.15, 0.2) is 41.3 Å². The molecular weight excluding hydrogens is 445 g/mol. The number of rotatable bonds is 6. The van der Waals surface area contributed by atoms with Crippen LogP contribution in [0.5, 0.6) is 5.75 Å². The predicted octanol–water partition coefficient (Wildman–Crippen LogP) is 2.77. The van der Waals surface area contributed by atoms with Crippen LogP contribution in [0.3, 0.4) is 0 Å². The molecule has 10 heteroatoms. The van der Waals surface area contributed by atoms with Gasteiger partial charge >= 0.3 is 0 Å². The number of benzene rings is 2. The van der Waals surface area contributed by atoms with Crippen molar-refractivity contribution in [3.8, 4) is 5.75 Å². The van der Waals surface area contributed by atoms with Crippen LogP contribution in [0.1, 0.15) is 5.56 Å². The van der Waals surface area contributed by atoms with Crippen molar-refractivity contribution in [3.05, 3.63) is 52.8 Å². The molecule has 0 saturated carbocycles. The van der Waals surface area contributed by atoms with Gasteiger partial charge in [0.2, 0.25) is 15.9 Å². The fraction of sp³-hybridized carbons (Fsp3) is 0.381. The van der Waals surface area contributed by atoms with Crippen LogP contribution in [-0.4, -0.2) is 70.4 Å². The van der Waals surface area contributed by atoms with Gasteiger partial charge in [-0.05, 0) is 42.8 Å². The largest absolute Gasteiger partial charge is 0.495 e. The number of nitrogens with zero attached hydrogens (tertiary/aromatic N) is 3. The quantitative estimate of drug-likeness (QED) is 0.650. The molecule has 1 saturated heterocycles. The molecule has 0 N–H and O–H groups in total. The van der Waals surface area contributed by atoms with Crippen molar-refractivity contribution in [3.63, 3.8) is 0 Å². The highest BCUT2D eigenvalue weighted by Crippen LogP contribution is 2.28. The number of anilines is 1. The predicted molar refractivity (Wildman–Crippen MR) is 118 cm³/mol. The molecule has 0 aromatic heterocycles. The molecule has 31 heavy (non-hydrogen) atoms. The molecule has 7 nitrogen and oxygen atoms in total. The lowest BCUT2D eigenvalue weighted by atomic mass is 10.1. The monoisotopic (exact) mass is 469 g/mol. The van der Waals surface area contributed by atoms with E-state index in [9.17, 15) is 17.6 Å². The Morgan fingerprint density at radius 1 is 1.16 bits per heavy atom. The second kappa shape index (κ2) is 9.42. The average Bonchev–Trinajstić information content (AvgIpc) is 2.75. The number of piperazine rings is 1. The molecule has 1 fully saturated rings. The van der Waals surface area contributed by atoms with E-state index in [1.54, 1.807) is 4.90 Å². The van der Waals surface area contributed by atoms with E-state index in [-0.39, 0.29) is 23.1 Å². The van der Waals surface area contributed by atoms with Crippen LogP contribution in [-0.2, 0) is 14.8 Å². The summed E-state index contributed by atoms with van der Waals surface area (Å²) in [4.78, 5) is 16.2. The summed E-state index contributed by atoms with van der Waals surface area (Å²) in [6, 6.07) is 8.95. The van der Waals surface area contributed by atoms with Crippen molar-refractivity contribution in [1.29, 1.82) is 0 Å². The molecule has 168 valence electrons. The minimum atomic E-state index is -4.11. The summed E-state index contributed by atoms with van der Waals surface area (Å²) in [7, 11) is -1.51. The zero-order valence-electron chi connectivity index (χ0n) is 17.6. The summed E-state index contributed by atoms with van der Waals surface area (Å²) in [5, 5.41) is 0.652. The van der Waals surface area contributed by atoms with Gasteiger partial charge in [0.1, 0.15) is 16.5 Å². The Morgan fingerprint density at radius 3 is 2.48 bits per heavy atom. The Kier molecular flexibility index (Phi) is 7.08. The highest BCUT2D eigenvalue weighted by Gasteiger charge is 2.30. The molecule has 2 aromatic rings. The Morgan fingerprint density at radius 2 is 1.84 bits per heavy atom. The van der Waals surface area contributed by atoms with E-state index in [0.717, 1.165) is 27.7 Å². The van der Waals surface area contributed by atoms with Crippen LogP contribution in [0, 0.1) is 12.7 Å². The van der Waals surface area contributed by atoms with E-state index in [1.807, 2.05) is 25.1 Å². The number of aryl methyl sites for hydroxylation is 1. The molecule has 1 aliphatic heterocycles. The smallest absolute Gasteiger partial charge is 0.247 e. The fourth-order valence-corrected chi connectivity index (χ4v) is 4.97. The Hall–Kier alpha value is -2.36. The van der Waals surface area contributed by atoms with E-state index < -0.39 is 15.8 Å². The highest BCUT2D eigenvalue weighted by atomic mass is 35.5. The topological polar surface area (TPSA) is 70.2 Å². The average molecular weight is 470 g/mol. The van der Waals surface area contributed by atoms with E-state index in [1.165, 1.54) is 20.2 Å². The molecular formula is C21H25ClFN3O4S. The number of carbonyl (C=O) groups is 1. The van der Waals surface area contributed by atoms with Crippen LogP contribution < -0.4 is 9.64 Å². The van der Waals surface area contributed by atoms with Gasteiger partial charge in [-0.1, -0.05) is 17.7 Å². The van der Waals surface area contributed by atoms with Crippen LogP contribution in [0.2, 0.25) is 5.02 Å². The van der Waals surface area contributed by atoms with Crippen molar-refractivity contribution >= 4 is 33.2 Å². The molecule has 0 atom stereocenters. The SMILES string of the molecule is COc1ccc(F)cc1S(=O)(=O)N(C)CC(=O)N1CCN(c2cc(Cl)ccc2C)CC1. The number of amides is 1. The lowest BCUT2D eigenvalue weighted by Crippen LogP contribution is -2.51. The standard InChI is InChI=1S/C21H25ClFN3O4S/c1-15-4-5-16(22)12-18(15)25-8-10-26(11-9-25)21(27)14-24(2)31(28,29)20-13-17(23)6-7-19(20)30-3/h4-7,12-13H,8-11,14H2,1-3H3. The van der Waals surface area contributed by atoms with Crippen molar-refractivity contribution in [1.82, 2.24) is 9.21 Å². The third-order valence-corrected chi connectivity index (χ3v) is 7.38. The van der Waals surface area contributed by atoms with Crippen molar-refractivity contribution in [2.24, 2.45) is 0 Å². The summed E-state index contributed by atoms with van der Waals surface area (Å²) in [6.07, 6.45) is 0. The molecule has 0 unspecified atom stereocenters. The molecule has 1 heterocycles. The first-order valence-corrected chi connectivity index (χ1v) is 11.5. The normalized spacial score (nSPS) is 14.8. The molecule has 0 spiro atoms. The molecule has 3 rings (SSSR count). The number of hydrogen-bond acceptors (Lipinski definition) is 5. The Balaban J connectivity index is 1.66. The molecule has 0 aliphatic carbocycles. The van der Waals surface area contributed by atoms with Gasteiger partial charge in [0.25, 0.3) is 0 Å². The number of ether oxygens (including phenoxy) is 1. The molecule has 2 aromatic carbocycles. The van der Waals surface area contributed by atoms with Crippen molar-refractivity contribution in [2.75, 3.05) is 51.8 Å². The zero-order chi connectivity index (χ0) is 22.8. The first-order chi connectivity index (χ1) is 14.6. The van der Waals surface area contributed by atoms with Gasteiger partial charge in [-0.3, -0.25) is 4.79 Å². The molecule has 0 bridgehead atoms. The summed E-state index contributed by atoms with van der Waals surface area (Å²) >= 11 is 6.11. The number of methoxy groups -OCH3 is 1. The number of hydrogen-bond donors (Lipinski definition) is 0. The summed E-state index contributed by atoms with van der Waals surface area (Å²) in [6.45, 7) is 3.80. The molecule has 1 amide bonds. The summed E-state index contributed by atoms with van der Waals surface area (Å²) in [5.41, 5.74) is 2.12. The van der Waals surface area contributed by atoms with Gasteiger partial charge in [-0.15, -0.1) is 0 Å². The molecule has 0 radical (unpaired) electrons. The van der Waals surface area contributed by atoms with Crippen LogP contribution in [0.25, 0.3) is 0 Å². The third-order valence-electron chi connectivity index (χ3n) is 5.32. The minimum absolute atomic E-state index is 0.0196. The third kappa shape index (κ3) is 5.11. The van der Waals surface area contributed by atoms with Crippen molar-refractivity contribution < 1.29 is 22.3 Å². The molecule has 1 aliphatic rings. The maximum Gasteiger partial charge on any atom is 0.247 e. The number of sulfonamides is 1. The Bertz CT molecular complexity index is 1070. The van der Waals surface area contributed by atoms with E-state index in [0.29, 0.717) is 31.2 Å². The number of likely N-dealkylation sites (N-methyl/N-ethyl adjacent to an activating group) is 1. The maximum absolute atomic E-state index is 13.6. The van der Waals surface area contributed by atoms with Crippen LogP contribution in [0.4, 0.5) is 10.1 Å². The van der Waals surface area contributed by atoms with Crippen molar-refractivity contribution in [2.45, 2.75) is 11.8 Å². The van der Waals surface area contributed by atoms with Gasteiger partial charge < -0.3 is 14.5 Å². The second-order valence-electron chi connectivity index (χ2n) is 7.35. The number of carbonyl (C=O) groups excluding carboxylic acids is 1. The minimum Gasteiger partial charge on any atom is -0.495 e. The van der Waals surface area contributed by atoms with Gasteiger partial charge in [-0.2, -0.15) is 4.31 Å². The maximum atomic E-state index is 13.6. The zero-order valence-corrected chi connectivity index (χ0v) is 19.2. The lowest BCUT2D eigenvalue weighted by molar-refractivity contribution is -0.131. The first-order valence-electron chi connectivity index (χ1n) is 9.72. The first kappa shape index (κ1) is 23.3. The van der Waals surface area contributed by atoms with E-state index in [2.05, 4.69) is 4.90 Å². The Labute approximate surface area is 187 Å². The van der Waals surface area contributed by atoms with Crippen LogP contribution >= 0.6 is 11.6 Å². The highest BCUT2D eigenvalue weighted by molar-refractivity contribution is 7.89. The number of halogens is 2. The fourth-order valence-electron chi connectivity index (χ4n) is 3.52.